The van der Waals surface area contributed by atoms with Gasteiger partial charge in [0.2, 0.25) is 5.82 Å². The van der Waals surface area contributed by atoms with Gasteiger partial charge in [-0.3, -0.25) is 0 Å². The van der Waals surface area contributed by atoms with E-state index < -0.39 is 12.0 Å². The summed E-state index contributed by atoms with van der Waals surface area (Å²) in [6, 6.07) is 8.75. The number of imidazole rings is 1. The number of H-pyrrole nitrogens is 1. The van der Waals surface area contributed by atoms with Crippen molar-refractivity contribution in [3.63, 3.8) is 0 Å². The molecule has 0 saturated heterocycles. The molecule has 2 aromatic heterocycles. The number of rotatable bonds is 5. The molecule has 0 unspecified atom stereocenters. The highest BCUT2D eigenvalue weighted by Crippen LogP contribution is 2.31. The minimum atomic E-state index is -4.50. The van der Waals surface area contributed by atoms with Crippen molar-refractivity contribution in [3.05, 3.63) is 41.5 Å². The van der Waals surface area contributed by atoms with Crippen LogP contribution in [0.15, 0.2) is 35.7 Å². The number of hydrogen-bond donors (Lipinski definition) is 1. The molecule has 0 aliphatic rings. The molecule has 8 heteroatoms. The van der Waals surface area contributed by atoms with Gasteiger partial charge in [0.1, 0.15) is 17.9 Å². The lowest BCUT2D eigenvalue weighted by atomic mass is 10.3. The topological polar surface area (TPSA) is 41.1 Å². The first-order valence-electron chi connectivity index (χ1n) is 6.88. The van der Waals surface area contributed by atoms with Crippen LogP contribution in [0.1, 0.15) is 5.82 Å². The second kappa shape index (κ2) is 6.11. The summed E-state index contributed by atoms with van der Waals surface area (Å²) >= 11 is 1.61. The molecule has 3 aromatic rings. The van der Waals surface area contributed by atoms with E-state index in [1.807, 2.05) is 29.5 Å². The van der Waals surface area contributed by atoms with E-state index in [4.69, 9.17) is 4.74 Å². The Balaban J connectivity index is 1.71. The summed E-state index contributed by atoms with van der Waals surface area (Å²) in [7, 11) is 1.94. The molecule has 0 aliphatic carbocycles. The summed E-state index contributed by atoms with van der Waals surface area (Å²) in [5.41, 5.74) is 0.500. The predicted octanol–water partition coefficient (Wildman–Crippen LogP) is 4.16. The molecule has 0 bridgehead atoms. The van der Waals surface area contributed by atoms with E-state index in [2.05, 4.69) is 9.97 Å². The molecule has 0 spiro atoms. The zero-order chi connectivity index (χ0) is 16.4. The van der Waals surface area contributed by atoms with Gasteiger partial charge in [0.15, 0.2) is 0 Å². The predicted molar refractivity (Wildman–Crippen MR) is 84.2 cm³/mol. The standard InChI is InChI=1S/C15H14F3N3OS/c1-21(12-6-3-9-23-12)7-8-22-11-5-2-4-10-13(11)20-14(19-10)15(16,17)18/h2-6,9H,7-8H2,1H3,(H,19,20). The number of fused-ring (bicyclic) bond motifs is 1. The van der Waals surface area contributed by atoms with Crippen LogP contribution in [0.4, 0.5) is 18.2 Å². The SMILES string of the molecule is CN(CCOc1cccc2[nH]c(C(F)(F)F)nc12)c1cccs1. The fraction of sp³-hybridized carbons (Fsp3) is 0.267. The minimum absolute atomic E-state index is 0.193. The van der Waals surface area contributed by atoms with Gasteiger partial charge in [-0.2, -0.15) is 13.2 Å². The van der Waals surface area contributed by atoms with Crippen LogP contribution in [0, 0.1) is 0 Å². The molecular weight excluding hydrogens is 327 g/mol. The Morgan fingerprint density at radius 2 is 2.09 bits per heavy atom. The highest BCUT2D eigenvalue weighted by molar-refractivity contribution is 7.14. The van der Waals surface area contributed by atoms with Crippen LogP contribution in [0.2, 0.25) is 0 Å². The Morgan fingerprint density at radius 3 is 2.78 bits per heavy atom. The first-order chi connectivity index (χ1) is 10.9. The summed E-state index contributed by atoms with van der Waals surface area (Å²) in [6.45, 7) is 0.967. The molecule has 0 radical (unpaired) electrons. The number of nitrogens with zero attached hydrogens (tertiary/aromatic N) is 2. The van der Waals surface area contributed by atoms with Gasteiger partial charge in [-0.25, -0.2) is 4.98 Å². The van der Waals surface area contributed by atoms with Crippen molar-refractivity contribution in [1.29, 1.82) is 0 Å². The Labute approximate surface area is 134 Å². The van der Waals surface area contributed by atoms with Crippen LogP contribution >= 0.6 is 11.3 Å². The van der Waals surface area contributed by atoms with Crippen LogP contribution in [-0.4, -0.2) is 30.2 Å². The van der Waals surface area contributed by atoms with Gasteiger partial charge in [-0.15, -0.1) is 11.3 Å². The number of hydrogen-bond acceptors (Lipinski definition) is 4. The maximum Gasteiger partial charge on any atom is 0.449 e. The van der Waals surface area contributed by atoms with Crippen molar-refractivity contribution in [1.82, 2.24) is 9.97 Å². The van der Waals surface area contributed by atoms with Gasteiger partial charge < -0.3 is 14.6 Å². The number of benzene rings is 1. The van der Waals surface area contributed by atoms with E-state index in [0.29, 0.717) is 24.4 Å². The minimum Gasteiger partial charge on any atom is -0.489 e. The first kappa shape index (κ1) is 15.7. The van der Waals surface area contributed by atoms with E-state index in [0.717, 1.165) is 5.00 Å². The highest BCUT2D eigenvalue weighted by atomic mass is 32.1. The normalized spacial score (nSPS) is 11.8. The second-order valence-corrected chi connectivity index (χ2v) is 5.88. The molecule has 1 N–H and O–H groups in total. The molecular formula is C15H14F3N3OS. The van der Waals surface area contributed by atoms with E-state index in [1.54, 1.807) is 29.5 Å². The van der Waals surface area contributed by atoms with Crippen LogP contribution in [0.5, 0.6) is 5.75 Å². The quantitative estimate of drug-likeness (QED) is 0.758. The molecule has 3 rings (SSSR count). The summed E-state index contributed by atoms with van der Waals surface area (Å²) < 4.78 is 43.8. The number of likely N-dealkylation sites (N-methyl/N-ethyl adjacent to an activating group) is 1. The van der Waals surface area contributed by atoms with E-state index in [9.17, 15) is 13.2 Å². The van der Waals surface area contributed by atoms with Crippen molar-refractivity contribution in [2.24, 2.45) is 0 Å². The number of anilines is 1. The average Bonchev–Trinajstić information content (AvgIpc) is 3.16. The number of para-hydroxylation sites is 1. The molecule has 1 aromatic carbocycles. The maximum atomic E-state index is 12.7. The molecule has 0 saturated carbocycles. The fourth-order valence-corrected chi connectivity index (χ4v) is 2.87. The average molecular weight is 341 g/mol. The van der Waals surface area contributed by atoms with E-state index >= 15 is 0 Å². The lowest BCUT2D eigenvalue weighted by Gasteiger charge is -2.17. The summed E-state index contributed by atoms with van der Waals surface area (Å²) in [5, 5.41) is 3.08. The Morgan fingerprint density at radius 1 is 1.26 bits per heavy atom. The Hall–Kier alpha value is -2.22. The number of ether oxygens (including phenoxy) is 1. The van der Waals surface area contributed by atoms with Crippen LogP contribution in [0.25, 0.3) is 11.0 Å². The van der Waals surface area contributed by atoms with Gasteiger partial charge in [0.25, 0.3) is 0 Å². The van der Waals surface area contributed by atoms with Gasteiger partial charge in [-0.1, -0.05) is 6.07 Å². The fourth-order valence-electron chi connectivity index (χ4n) is 2.15. The summed E-state index contributed by atoms with van der Waals surface area (Å²) in [6.07, 6.45) is -4.50. The van der Waals surface area contributed by atoms with Crippen LogP contribution < -0.4 is 9.64 Å². The smallest absolute Gasteiger partial charge is 0.449 e. The third-order valence-electron chi connectivity index (χ3n) is 3.31. The molecule has 122 valence electrons. The number of aromatic amines is 1. The monoisotopic (exact) mass is 341 g/mol. The molecule has 0 atom stereocenters. The van der Waals surface area contributed by atoms with Gasteiger partial charge >= 0.3 is 6.18 Å². The van der Waals surface area contributed by atoms with Gasteiger partial charge in [0.05, 0.1) is 17.1 Å². The van der Waals surface area contributed by atoms with Crippen LogP contribution in [0.3, 0.4) is 0 Å². The number of alkyl halides is 3. The summed E-state index contributed by atoms with van der Waals surface area (Å²) in [4.78, 5) is 7.91. The number of halogens is 3. The Kier molecular flexibility index (Phi) is 4.16. The number of aromatic nitrogens is 2. The lowest BCUT2D eigenvalue weighted by molar-refractivity contribution is -0.144. The zero-order valence-electron chi connectivity index (χ0n) is 12.2. The molecule has 4 nitrogen and oxygen atoms in total. The van der Waals surface area contributed by atoms with Gasteiger partial charge in [-0.05, 0) is 29.6 Å². The molecule has 2 heterocycles. The largest absolute Gasteiger partial charge is 0.489 e. The third-order valence-corrected chi connectivity index (χ3v) is 4.29. The molecule has 0 fully saturated rings. The number of nitrogens with one attached hydrogen (secondary N) is 1. The van der Waals surface area contributed by atoms with E-state index in [1.165, 1.54) is 0 Å². The van der Waals surface area contributed by atoms with Crippen molar-refractivity contribution >= 4 is 27.4 Å². The maximum absolute atomic E-state index is 12.7. The third kappa shape index (κ3) is 3.42. The van der Waals surface area contributed by atoms with Crippen molar-refractivity contribution in [2.45, 2.75) is 6.18 Å². The molecule has 0 amide bonds. The summed E-state index contributed by atoms with van der Waals surface area (Å²) in [5.74, 6) is -0.673. The Bertz CT molecular complexity index is 783. The first-order valence-corrected chi connectivity index (χ1v) is 7.76. The highest BCUT2D eigenvalue weighted by Gasteiger charge is 2.35. The van der Waals surface area contributed by atoms with Crippen molar-refractivity contribution in [2.75, 3.05) is 25.1 Å². The van der Waals surface area contributed by atoms with E-state index in [-0.39, 0.29) is 5.52 Å². The zero-order valence-corrected chi connectivity index (χ0v) is 13.0. The molecule has 0 aliphatic heterocycles. The van der Waals surface area contributed by atoms with Crippen molar-refractivity contribution in [3.8, 4) is 5.75 Å². The van der Waals surface area contributed by atoms with Crippen molar-refractivity contribution < 1.29 is 17.9 Å². The van der Waals surface area contributed by atoms with Gasteiger partial charge in [0, 0.05) is 7.05 Å². The lowest BCUT2D eigenvalue weighted by Crippen LogP contribution is -2.22. The molecule has 23 heavy (non-hydrogen) atoms. The number of thiophene rings is 1. The second-order valence-electron chi connectivity index (χ2n) is 4.96. The van der Waals surface area contributed by atoms with Crippen LogP contribution in [-0.2, 0) is 6.18 Å².